The number of methoxy groups -OCH3 is 1. The Morgan fingerprint density at radius 2 is 2.21 bits per heavy atom. The SMILES string of the molecule is COc1ccc(CN(C)C(=O)C2CNCCO2)cc1. The second-order valence-corrected chi connectivity index (χ2v) is 4.61. The van der Waals surface area contributed by atoms with E-state index in [-0.39, 0.29) is 12.0 Å². The molecule has 1 heterocycles. The minimum absolute atomic E-state index is 0.0167. The van der Waals surface area contributed by atoms with Crippen molar-refractivity contribution in [1.29, 1.82) is 0 Å². The van der Waals surface area contributed by atoms with Crippen LogP contribution in [-0.2, 0) is 16.1 Å². The van der Waals surface area contributed by atoms with Gasteiger partial charge in [0.05, 0.1) is 13.7 Å². The molecule has 1 unspecified atom stereocenters. The molecule has 1 aromatic rings. The third kappa shape index (κ3) is 3.68. The van der Waals surface area contributed by atoms with Gasteiger partial charge in [-0.25, -0.2) is 0 Å². The molecule has 0 aliphatic carbocycles. The predicted molar refractivity (Wildman–Crippen MR) is 72.1 cm³/mol. The van der Waals surface area contributed by atoms with Gasteiger partial charge in [0, 0.05) is 26.7 Å². The second kappa shape index (κ2) is 6.54. The molecule has 0 aromatic heterocycles. The van der Waals surface area contributed by atoms with Crippen LogP contribution in [0.15, 0.2) is 24.3 Å². The highest BCUT2D eigenvalue weighted by Gasteiger charge is 2.24. The molecular weight excluding hydrogens is 244 g/mol. The molecule has 104 valence electrons. The molecule has 0 radical (unpaired) electrons. The Hall–Kier alpha value is -1.59. The van der Waals surface area contributed by atoms with E-state index < -0.39 is 0 Å². The van der Waals surface area contributed by atoms with E-state index in [0.29, 0.717) is 19.7 Å². The highest BCUT2D eigenvalue weighted by molar-refractivity contribution is 5.81. The molecule has 5 heteroatoms. The van der Waals surface area contributed by atoms with Crippen molar-refractivity contribution in [3.8, 4) is 5.75 Å². The van der Waals surface area contributed by atoms with Crippen molar-refractivity contribution in [2.45, 2.75) is 12.6 Å². The zero-order chi connectivity index (χ0) is 13.7. The van der Waals surface area contributed by atoms with Crippen LogP contribution in [-0.4, -0.2) is 50.8 Å². The van der Waals surface area contributed by atoms with Crippen LogP contribution in [0.1, 0.15) is 5.56 Å². The maximum atomic E-state index is 12.2. The molecule has 0 saturated carbocycles. The van der Waals surface area contributed by atoms with Crippen LogP contribution in [0.2, 0.25) is 0 Å². The first-order valence-corrected chi connectivity index (χ1v) is 6.41. The van der Waals surface area contributed by atoms with Gasteiger partial charge >= 0.3 is 0 Å². The van der Waals surface area contributed by atoms with Gasteiger partial charge in [0.25, 0.3) is 5.91 Å². The van der Waals surface area contributed by atoms with Gasteiger partial charge in [0.1, 0.15) is 11.9 Å². The van der Waals surface area contributed by atoms with E-state index in [9.17, 15) is 4.79 Å². The molecular formula is C14H20N2O3. The van der Waals surface area contributed by atoms with Gasteiger partial charge in [0.2, 0.25) is 0 Å². The van der Waals surface area contributed by atoms with E-state index in [2.05, 4.69) is 5.32 Å². The molecule has 1 aliphatic heterocycles. The number of benzene rings is 1. The summed E-state index contributed by atoms with van der Waals surface area (Å²) in [5.74, 6) is 0.834. The summed E-state index contributed by atoms with van der Waals surface area (Å²) in [6.07, 6.45) is -0.364. The van der Waals surface area contributed by atoms with Crippen LogP contribution >= 0.6 is 0 Å². The van der Waals surface area contributed by atoms with Crippen LogP contribution in [0.3, 0.4) is 0 Å². The molecule has 1 aliphatic rings. The van der Waals surface area contributed by atoms with Gasteiger partial charge in [-0.05, 0) is 17.7 Å². The predicted octanol–water partition coefficient (Wildman–Crippen LogP) is 0.642. The molecule has 1 atom stereocenters. The average Bonchev–Trinajstić information content (AvgIpc) is 2.48. The standard InChI is InChI=1S/C14H20N2O3/c1-16(14(17)13-9-15-7-8-19-13)10-11-3-5-12(18-2)6-4-11/h3-6,13,15H,7-10H2,1-2H3. The minimum Gasteiger partial charge on any atom is -0.497 e. The molecule has 1 aromatic carbocycles. The first-order valence-electron chi connectivity index (χ1n) is 6.41. The molecule has 1 N–H and O–H groups in total. The maximum absolute atomic E-state index is 12.2. The Kier molecular flexibility index (Phi) is 4.76. The second-order valence-electron chi connectivity index (χ2n) is 4.61. The number of likely N-dealkylation sites (N-methyl/N-ethyl adjacent to an activating group) is 1. The lowest BCUT2D eigenvalue weighted by Crippen LogP contribution is -2.48. The average molecular weight is 264 g/mol. The van der Waals surface area contributed by atoms with E-state index >= 15 is 0 Å². The van der Waals surface area contributed by atoms with Gasteiger partial charge in [-0.2, -0.15) is 0 Å². The highest BCUT2D eigenvalue weighted by Crippen LogP contribution is 2.13. The summed E-state index contributed by atoms with van der Waals surface area (Å²) >= 11 is 0. The summed E-state index contributed by atoms with van der Waals surface area (Å²) < 4.78 is 10.6. The number of nitrogens with zero attached hydrogens (tertiary/aromatic N) is 1. The smallest absolute Gasteiger partial charge is 0.253 e. The number of hydrogen-bond donors (Lipinski definition) is 1. The zero-order valence-corrected chi connectivity index (χ0v) is 11.4. The summed E-state index contributed by atoms with van der Waals surface area (Å²) in [4.78, 5) is 13.9. The summed E-state index contributed by atoms with van der Waals surface area (Å²) in [6.45, 7) is 2.56. The molecule has 19 heavy (non-hydrogen) atoms. The van der Waals surface area contributed by atoms with Crippen molar-refractivity contribution in [1.82, 2.24) is 10.2 Å². The molecule has 0 spiro atoms. The number of carbonyl (C=O) groups is 1. The van der Waals surface area contributed by atoms with E-state index in [4.69, 9.17) is 9.47 Å². The van der Waals surface area contributed by atoms with Crippen molar-refractivity contribution < 1.29 is 14.3 Å². The zero-order valence-electron chi connectivity index (χ0n) is 11.4. The van der Waals surface area contributed by atoms with Crippen LogP contribution in [0.25, 0.3) is 0 Å². The van der Waals surface area contributed by atoms with Gasteiger partial charge in [0.15, 0.2) is 0 Å². The first-order chi connectivity index (χ1) is 9.20. The molecule has 1 amide bonds. The molecule has 1 fully saturated rings. The number of carbonyl (C=O) groups excluding carboxylic acids is 1. The summed E-state index contributed by atoms with van der Waals surface area (Å²) in [7, 11) is 3.43. The topological polar surface area (TPSA) is 50.8 Å². The molecule has 5 nitrogen and oxygen atoms in total. The fraction of sp³-hybridized carbons (Fsp3) is 0.500. The number of nitrogens with one attached hydrogen (secondary N) is 1. The van der Waals surface area contributed by atoms with Gasteiger partial charge in [-0.15, -0.1) is 0 Å². The van der Waals surface area contributed by atoms with Crippen molar-refractivity contribution in [3.63, 3.8) is 0 Å². The third-order valence-corrected chi connectivity index (χ3v) is 3.16. The van der Waals surface area contributed by atoms with Crippen molar-refractivity contribution in [2.75, 3.05) is 33.9 Å². The monoisotopic (exact) mass is 264 g/mol. The Morgan fingerprint density at radius 1 is 1.47 bits per heavy atom. The number of morpholine rings is 1. The molecule has 2 rings (SSSR count). The molecule has 1 saturated heterocycles. The largest absolute Gasteiger partial charge is 0.497 e. The summed E-state index contributed by atoms with van der Waals surface area (Å²) in [5.41, 5.74) is 1.07. The van der Waals surface area contributed by atoms with Crippen molar-refractivity contribution in [2.24, 2.45) is 0 Å². The maximum Gasteiger partial charge on any atom is 0.253 e. The van der Waals surface area contributed by atoms with Crippen LogP contribution in [0.5, 0.6) is 5.75 Å². The fourth-order valence-electron chi connectivity index (χ4n) is 2.05. The van der Waals surface area contributed by atoms with Crippen LogP contribution in [0.4, 0.5) is 0 Å². The van der Waals surface area contributed by atoms with E-state index in [1.807, 2.05) is 24.3 Å². The normalized spacial score (nSPS) is 18.9. The van der Waals surface area contributed by atoms with Crippen LogP contribution in [0, 0.1) is 0 Å². The summed E-state index contributed by atoms with van der Waals surface area (Å²) in [5, 5.41) is 3.16. The van der Waals surface area contributed by atoms with E-state index in [1.54, 1.807) is 19.1 Å². The van der Waals surface area contributed by atoms with Gasteiger partial charge < -0.3 is 19.7 Å². The lowest BCUT2D eigenvalue weighted by molar-refractivity contribution is -0.144. The lowest BCUT2D eigenvalue weighted by atomic mass is 10.2. The highest BCUT2D eigenvalue weighted by atomic mass is 16.5. The van der Waals surface area contributed by atoms with Gasteiger partial charge in [-0.3, -0.25) is 4.79 Å². The Bertz CT molecular complexity index is 413. The Labute approximate surface area is 113 Å². The summed E-state index contributed by atoms with van der Waals surface area (Å²) in [6, 6.07) is 7.71. The number of amides is 1. The minimum atomic E-state index is -0.364. The fourth-order valence-corrected chi connectivity index (χ4v) is 2.05. The van der Waals surface area contributed by atoms with E-state index in [1.165, 1.54) is 0 Å². The molecule has 0 bridgehead atoms. The number of hydrogen-bond acceptors (Lipinski definition) is 4. The van der Waals surface area contributed by atoms with Crippen LogP contribution < -0.4 is 10.1 Å². The number of ether oxygens (including phenoxy) is 2. The Balaban J connectivity index is 1.91. The lowest BCUT2D eigenvalue weighted by Gasteiger charge is -2.27. The Morgan fingerprint density at radius 3 is 2.79 bits per heavy atom. The van der Waals surface area contributed by atoms with Crippen molar-refractivity contribution >= 4 is 5.91 Å². The first kappa shape index (κ1) is 13.8. The van der Waals surface area contributed by atoms with Crippen molar-refractivity contribution in [3.05, 3.63) is 29.8 Å². The van der Waals surface area contributed by atoms with E-state index in [0.717, 1.165) is 17.9 Å². The number of rotatable bonds is 4. The third-order valence-electron chi connectivity index (χ3n) is 3.16. The van der Waals surface area contributed by atoms with Gasteiger partial charge in [-0.1, -0.05) is 12.1 Å². The quantitative estimate of drug-likeness (QED) is 0.867.